The van der Waals surface area contributed by atoms with Gasteiger partial charge < -0.3 is 5.11 Å². The van der Waals surface area contributed by atoms with Gasteiger partial charge in [0.15, 0.2) is 0 Å². The lowest BCUT2D eigenvalue weighted by Gasteiger charge is -2.11. The molecule has 2 N–H and O–H groups in total. The molecule has 0 saturated carbocycles. The summed E-state index contributed by atoms with van der Waals surface area (Å²) < 4.78 is 1.19. The fourth-order valence-corrected chi connectivity index (χ4v) is 2.26. The van der Waals surface area contributed by atoms with Gasteiger partial charge in [-0.15, -0.1) is 0 Å². The Morgan fingerprint density at radius 1 is 1.19 bits per heavy atom. The molecule has 2 aromatic rings. The van der Waals surface area contributed by atoms with Gasteiger partial charge in [-0.3, -0.25) is 14.3 Å². The average molecular weight is 288 g/mol. The van der Waals surface area contributed by atoms with E-state index in [1.807, 2.05) is 24.3 Å². The molecule has 5 nitrogen and oxygen atoms in total. The molecule has 0 saturated heterocycles. The van der Waals surface area contributed by atoms with Gasteiger partial charge in [0, 0.05) is 0 Å². The van der Waals surface area contributed by atoms with Crippen molar-refractivity contribution in [1.29, 1.82) is 0 Å². The van der Waals surface area contributed by atoms with Crippen LogP contribution in [0.2, 0.25) is 0 Å². The van der Waals surface area contributed by atoms with Crippen LogP contribution in [0.3, 0.4) is 0 Å². The highest BCUT2D eigenvalue weighted by Gasteiger charge is 2.12. The third-order valence-corrected chi connectivity index (χ3v) is 3.61. The molecular weight excluding hydrogens is 268 g/mol. The van der Waals surface area contributed by atoms with E-state index in [9.17, 15) is 14.7 Å². The van der Waals surface area contributed by atoms with E-state index in [2.05, 4.69) is 18.8 Å². The lowest BCUT2D eigenvalue weighted by Crippen LogP contribution is -2.32. The van der Waals surface area contributed by atoms with Gasteiger partial charge in [0.2, 0.25) is 5.88 Å². The lowest BCUT2D eigenvalue weighted by atomic mass is 10.0. The summed E-state index contributed by atoms with van der Waals surface area (Å²) in [5.74, 6) is 0.189. The van der Waals surface area contributed by atoms with E-state index in [-0.39, 0.29) is 18.0 Å². The number of aromatic nitrogens is 2. The maximum Gasteiger partial charge on any atom is 0.331 e. The van der Waals surface area contributed by atoms with Crippen LogP contribution in [0, 0.1) is 0 Å². The highest BCUT2D eigenvalue weighted by atomic mass is 16.3. The molecule has 1 heterocycles. The first-order chi connectivity index (χ1) is 9.93. The first-order valence-corrected chi connectivity index (χ1v) is 7.07. The summed E-state index contributed by atoms with van der Waals surface area (Å²) in [4.78, 5) is 25.7. The number of hydrogen-bond acceptors (Lipinski definition) is 3. The van der Waals surface area contributed by atoms with Crippen LogP contribution in [0.15, 0.2) is 33.9 Å². The summed E-state index contributed by atoms with van der Waals surface area (Å²) in [5.41, 5.74) is 1.22. The third kappa shape index (κ3) is 3.07. The van der Waals surface area contributed by atoms with Gasteiger partial charge in [0.1, 0.15) is 0 Å². The summed E-state index contributed by atoms with van der Waals surface area (Å²) in [6.07, 6.45) is 0.369. The molecule has 0 spiro atoms. The number of aromatic amines is 1. The Hall–Kier alpha value is -2.30. The van der Waals surface area contributed by atoms with E-state index in [1.165, 1.54) is 10.1 Å². The summed E-state index contributed by atoms with van der Waals surface area (Å²) in [7, 11) is 0. The van der Waals surface area contributed by atoms with Gasteiger partial charge in [-0.2, -0.15) is 0 Å². The Kier molecular flexibility index (Phi) is 4.31. The molecule has 21 heavy (non-hydrogen) atoms. The highest BCUT2D eigenvalue weighted by molar-refractivity contribution is 5.27. The molecule has 0 radical (unpaired) electrons. The van der Waals surface area contributed by atoms with Crippen LogP contribution >= 0.6 is 0 Å². The summed E-state index contributed by atoms with van der Waals surface area (Å²) in [6, 6.07) is 7.87. The fraction of sp³-hybridized carbons (Fsp3) is 0.375. The van der Waals surface area contributed by atoms with Crippen LogP contribution in [0.5, 0.6) is 5.88 Å². The topological polar surface area (TPSA) is 75.1 Å². The van der Waals surface area contributed by atoms with Crippen molar-refractivity contribution < 1.29 is 5.11 Å². The molecule has 0 unspecified atom stereocenters. The van der Waals surface area contributed by atoms with Crippen LogP contribution in [0.4, 0.5) is 0 Å². The molecule has 0 aliphatic heterocycles. The van der Waals surface area contributed by atoms with Gasteiger partial charge in [-0.1, -0.05) is 45.0 Å². The van der Waals surface area contributed by atoms with Gasteiger partial charge in [0.25, 0.3) is 5.56 Å². The van der Waals surface area contributed by atoms with Gasteiger partial charge in [0.05, 0.1) is 12.1 Å². The minimum atomic E-state index is -0.595. The zero-order valence-corrected chi connectivity index (χ0v) is 12.5. The molecule has 1 aromatic heterocycles. The Morgan fingerprint density at radius 2 is 1.81 bits per heavy atom. The van der Waals surface area contributed by atoms with E-state index in [1.54, 1.807) is 6.92 Å². The normalized spacial score (nSPS) is 11.0. The fourth-order valence-electron chi connectivity index (χ4n) is 2.26. The molecule has 1 aromatic carbocycles. The highest BCUT2D eigenvalue weighted by Crippen LogP contribution is 2.17. The van der Waals surface area contributed by atoms with Crippen molar-refractivity contribution in [3.8, 4) is 5.88 Å². The molecular formula is C16H20N2O3. The Balaban J connectivity index is 2.40. The monoisotopic (exact) mass is 288 g/mol. The molecule has 0 fully saturated rings. The minimum Gasteiger partial charge on any atom is -0.494 e. The predicted molar refractivity (Wildman–Crippen MR) is 82.0 cm³/mol. The number of H-pyrrole nitrogens is 1. The molecule has 112 valence electrons. The van der Waals surface area contributed by atoms with E-state index in [4.69, 9.17) is 0 Å². The minimum absolute atomic E-state index is 0.229. The second-order valence-corrected chi connectivity index (χ2v) is 5.40. The van der Waals surface area contributed by atoms with Crippen LogP contribution < -0.4 is 11.2 Å². The van der Waals surface area contributed by atoms with Gasteiger partial charge in [-0.05, 0) is 23.5 Å². The first kappa shape index (κ1) is 15.1. The standard InChI is InChI=1S/C16H20N2O3/c1-4-13-14(19)17-16(21)18(15(13)20)9-11-5-7-12(8-6-11)10(2)3/h5-8,10,20H,4,9H2,1-3H3,(H,17,19,21). The van der Waals surface area contributed by atoms with Crippen molar-refractivity contribution in [2.45, 2.75) is 39.7 Å². The van der Waals surface area contributed by atoms with Crippen molar-refractivity contribution in [3.05, 3.63) is 61.8 Å². The maximum atomic E-state index is 11.9. The first-order valence-electron chi connectivity index (χ1n) is 7.07. The number of aromatic hydroxyl groups is 1. The molecule has 0 aliphatic carbocycles. The van der Waals surface area contributed by atoms with E-state index < -0.39 is 11.2 Å². The average Bonchev–Trinajstić information content (AvgIpc) is 2.44. The van der Waals surface area contributed by atoms with Crippen molar-refractivity contribution >= 4 is 0 Å². The second kappa shape index (κ2) is 5.99. The van der Waals surface area contributed by atoms with Crippen molar-refractivity contribution in [2.75, 3.05) is 0 Å². The smallest absolute Gasteiger partial charge is 0.331 e. The second-order valence-electron chi connectivity index (χ2n) is 5.40. The van der Waals surface area contributed by atoms with Crippen molar-refractivity contribution in [1.82, 2.24) is 9.55 Å². The van der Waals surface area contributed by atoms with Gasteiger partial charge >= 0.3 is 5.69 Å². The molecule has 2 rings (SSSR count). The molecule has 5 heteroatoms. The zero-order valence-electron chi connectivity index (χ0n) is 12.5. The van der Waals surface area contributed by atoms with Gasteiger partial charge in [-0.25, -0.2) is 4.79 Å². The van der Waals surface area contributed by atoms with E-state index >= 15 is 0 Å². The molecule has 0 atom stereocenters. The molecule has 0 bridgehead atoms. The summed E-state index contributed by atoms with van der Waals surface area (Å²) in [6.45, 7) is 6.21. The summed E-state index contributed by atoms with van der Waals surface area (Å²) in [5, 5.41) is 10.1. The lowest BCUT2D eigenvalue weighted by molar-refractivity contribution is 0.402. The Bertz CT molecular complexity index is 740. The molecule has 0 aliphatic rings. The third-order valence-electron chi connectivity index (χ3n) is 3.61. The van der Waals surface area contributed by atoms with Crippen molar-refractivity contribution in [3.63, 3.8) is 0 Å². The van der Waals surface area contributed by atoms with Crippen LogP contribution in [0.1, 0.15) is 43.4 Å². The number of nitrogens with zero attached hydrogens (tertiary/aromatic N) is 1. The number of nitrogens with one attached hydrogen (secondary N) is 1. The summed E-state index contributed by atoms with van der Waals surface area (Å²) >= 11 is 0. The number of rotatable bonds is 4. The van der Waals surface area contributed by atoms with E-state index in [0.29, 0.717) is 12.3 Å². The zero-order chi connectivity index (χ0) is 15.6. The van der Waals surface area contributed by atoms with Crippen LogP contribution in [0.25, 0.3) is 0 Å². The largest absolute Gasteiger partial charge is 0.494 e. The number of hydrogen-bond donors (Lipinski definition) is 2. The quantitative estimate of drug-likeness (QED) is 0.903. The van der Waals surface area contributed by atoms with E-state index in [0.717, 1.165) is 5.56 Å². The maximum absolute atomic E-state index is 11.9. The predicted octanol–water partition coefficient (Wildman–Crippen LogP) is 1.98. The molecule has 0 amide bonds. The number of benzene rings is 1. The van der Waals surface area contributed by atoms with Crippen molar-refractivity contribution in [2.24, 2.45) is 0 Å². The van der Waals surface area contributed by atoms with Crippen LogP contribution in [-0.4, -0.2) is 14.7 Å². The Labute approximate surface area is 122 Å². The van der Waals surface area contributed by atoms with Crippen LogP contribution in [-0.2, 0) is 13.0 Å². The SMILES string of the molecule is CCc1c(O)n(Cc2ccc(C(C)C)cc2)c(=O)[nH]c1=O. The Morgan fingerprint density at radius 3 is 2.33 bits per heavy atom.